The lowest BCUT2D eigenvalue weighted by Gasteiger charge is -2.05. The molecule has 0 spiro atoms. The minimum absolute atomic E-state index is 0.482. The Kier molecular flexibility index (Phi) is 2.40. The second-order valence-corrected chi connectivity index (χ2v) is 3.84. The van der Waals surface area contributed by atoms with Crippen molar-refractivity contribution in [2.75, 3.05) is 12.4 Å². The monoisotopic (exact) mass is 244 g/mol. The van der Waals surface area contributed by atoms with Crippen LogP contribution >= 0.6 is 0 Å². The zero-order chi connectivity index (χ0) is 12.5. The molecule has 0 saturated carbocycles. The highest BCUT2D eigenvalue weighted by Gasteiger charge is 2.10. The van der Waals surface area contributed by atoms with E-state index in [1.807, 2.05) is 14.1 Å². The summed E-state index contributed by atoms with van der Waals surface area (Å²) in [4.78, 5) is 12.8. The van der Waals surface area contributed by atoms with Crippen molar-refractivity contribution in [1.29, 1.82) is 0 Å². The van der Waals surface area contributed by atoms with Crippen LogP contribution in [-0.4, -0.2) is 41.6 Å². The molecule has 0 aliphatic heterocycles. The number of hydrogen-bond donors (Lipinski definition) is 1. The Balaban J connectivity index is 2.09. The van der Waals surface area contributed by atoms with Crippen molar-refractivity contribution in [1.82, 2.24) is 34.5 Å². The number of rotatable bonds is 3. The number of anilines is 1. The predicted octanol–water partition coefficient (Wildman–Crippen LogP) is 0.0448. The van der Waals surface area contributed by atoms with Gasteiger partial charge in [-0.3, -0.25) is 4.68 Å². The Labute approximate surface area is 103 Å². The van der Waals surface area contributed by atoms with Gasteiger partial charge in [-0.2, -0.15) is 10.2 Å². The van der Waals surface area contributed by atoms with Crippen molar-refractivity contribution in [2.45, 2.75) is 6.54 Å². The first-order valence-electron chi connectivity index (χ1n) is 5.46. The molecule has 0 amide bonds. The summed E-state index contributed by atoms with van der Waals surface area (Å²) in [6.45, 7) is 0.482. The first-order valence-corrected chi connectivity index (χ1v) is 5.46. The minimum Gasteiger partial charge on any atom is -0.372 e. The van der Waals surface area contributed by atoms with Crippen molar-refractivity contribution in [3.05, 3.63) is 24.7 Å². The van der Waals surface area contributed by atoms with E-state index in [0.717, 1.165) is 16.9 Å². The van der Waals surface area contributed by atoms with Crippen LogP contribution in [0.25, 0.3) is 11.0 Å². The topological polar surface area (TPSA) is 86.3 Å². The van der Waals surface area contributed by atoms with Gasteiger partial charge in [0.25, 0.3) is 0 Å². The lowest BCUT2D eigenvalue weighted by atomic mass is 10.4. The van der Waals surface area contributed by atoms with Crippen molar-refractivity contribution in [2.24, 2.45) is 7.05 Å². The molecule has 0 fully saturated rings. The summed E-state index contributed by atoms with van der Waals surface area (Å²) in [6, 6.07) is 0. The van der Waals surface area contributed by atoms with E-state index in [9.17, 15) is 0 Å². The number of hydrogen-bond acceptors (Lipinski definition) is 6. The summed E-state index contributed by atoms with van der Waals surface area (Å²) in [7, 11) is 3.68. The molecule has 0 atom stereocenters. The number of nitrogens with one attached hydrogen (secondary N) is 1. The summed E-state index contributed by atoms with van der Waals surface area (Å²) in [5.41, 5.74) is 0.796. The van der Waals surface area contributed by atoms with Gasteiger partial charge in [-0.05, 0) is 0 Å². The normalized spacial score (nSPS) is 11.0. The third kappa shape index (κ3) is 1.67. The van der Waals surface area contributed by atoms with Gasteiger partial charge < -0.3 is 5.32 Å². The number of nitrogens with zero attached hydrogens (tertiary/aromatic N) is 7. The second kappa shape index (κ2) is 4.06. The molecule has 0 unspecified atom stereocenters. The number of aromatic nitrogens is 7. The molecule has 92 valence electrons. The van der Waals surface area contributed by atoms with Crippen LogP contribution in [0, 0.1) is 0 Å². The fourth-order valence-corrected chi connectivity index (χ4v) is 1.79. The number of aryl methyl sites for hydroxylation is 1. The highest BCUT2D eigenvalue weighted by atomic mass is 15.3. The fraction of sp³-hybridized carbons (Fsp3) is 0.300. The molecular weight excluding hydrogens is 232 g/mol. The van der Waals surface area contributed by atoms with Crippen molar-refractivity contribution in [3.8, 4) is 0 Å². The van der Waals surface area contributed by atoms with Gasteiger partial charge in [-0.1, -0.05) is 0 Å². The summed E-state index contributed by atoms with van der Waals surface area (Å²) >= 11 is 0. The smallest absolute Gasteiger partial charge is 0.163 e. The average Bonchev–Trinajstić information content (AvgIpc) is 3.00. The van der Waals surface area contributed by atoms with Gasteiger partial charge in [0, 0.05) is 14.1 Å². The van der Waals surface area contributed by atoms with Gasteiger partial charge in [0.2, 0.25) is 0 Å². The Morgan fingerprint density at radius 3 is 2.89 bits per heavy atom. The van der Waals surface area contributed by atoms with Gasteiger partial charge in [0.15, 0.2) is 11.5 Å². The molecule has 0 aromatic carbocycles. The van der Waals surface area contributed by atoms with Crippen molar-refractivity contribution >= 4 is 16.9 Å². The van der Waals surface area contributed by atoms with Crippen molar-refractivity contribution < 1.29 is 0 Å². The summed E-state index contributed by atoms with van der Waals surface area (Å²) < 4.78 is 3.40. The molecule has 0 saturated heterocycles. The first kappa shape index (κ1) is 10.6. The Morgan fingerprint density at radius 1 is 1.28 bits per heavy atom. The van der Waals surface area contributed by atoms with Crippen LogP contribution in [0.3, 0.4) is 0 Å². The van der Waals surface area contributed by atoms with Crippen LogP contribution in [0.5, 0.6) is 0 Å². The Bertz CT molecular complexity index is 669. The van der Waals surface area contributed by atoms with Gasteiger partial charge in [-0.15, -0.1) is 0 Å². The second-order valence-electron chi connectivity index (χ2n) is 3.84. The van der Waals surface area contributed by atoms with Gasteiger partial charge in [0.05, 0.1) is 11.6 Å². The molecule has 3 aromatic heterocycles. The highest BCUT2D eigenvalue weighted by Crippen LogP contribution is 2.18. The maximum Gasteiger partial charge on any atom is 0.163 e. The molecule has 3 heterocycles. The Hall–Kier alpha value is -2.51. The van der Waals surface area contributed by atoms with Gasteiger partial charge in [0.1, 0.15) is 25.0 Å². The molecule has 3 aromatic rings. The third-order valence-electron chi connectivity index (χ3n) is 2.65. The van der Waals surface area contributed by atoms with Crippen molar-refractivity contribution in [3.63, 3.8) is 0 Å². The maximum absolute atomic E-state index is 4.48. The first-order chi connectivity index (χ1) is 8.78. The molecule has 0 radical (unpaired) electrons. The van der Waals surface area contributed by atoms with Crippen LogP contribution in [0.2, 0.25) is 0 Å². The molecule has 0 aliphatic carbocycles. The van der Waals surface area contributed by atoms with Crippen LogP contribution in [0.1, 0.15) is 5.82 Å². The van der Waals surface area contributed by atoms with Crippen LogP contribution in [-0.2, 0) is 13.6 Å². The molecular formula is C10H12N8. The summed E-state index contributed by atoms with van der Waals surface area (Å²) in [5, 5.41) is 12.2. The number of fused-ring (bicyclic) bond motifs is 1. The van der Waals surface area contributed by atoms with E-state index >= 15 is 0 Å². The zero-order valence-corrected chi connectivity index (χ0v) is 10.1. The van der Waals surface area contributed by atoms with Gasteiger partial charge >= 0.3 is 0 Å². The lowest BCUT2D eigenvalue weighted by molar-refractivity contribution is 0.653. The maximum atomic E-state index is 4.48. The molecule has 8 heteroatoms. The van der Waals surface area contributed by atoms with Gasteiger partial charge in [-0.25, -0.2) is 19.6 Å². The third-order valence-corrected chi connectivity index (χ3v) is 2.65. The highest BCUT2D eigenvalue weighted by molar-refractivity contribution is 5.86. The Morgan fingerprint density at radius 2 is 2.17 bits per heavy atom. The van der Waals surface area contributed by atoms with E-state index in [0.29, 0.717) is 12.4 Å². The molecule has 0 bridgehead atoms. The fourth-order valence-electron chi connectivity index (χ4n) is 1.79. The van der Waals surface area contributed by atoms with E-state index in [4.69, 9.17) is 0 Å². The molecule has 18 heavy (non-hydrogen) atoms. The SMILES string of the molecule is CNc1nc(Cn2cncn2)nc2c1cnn2C. The average molecular weight is 244 g/mol. The quantitative estimate of drug-likeness (QED) is 0.700. The summed E-state index contributed by atoms with van der Waals surface area (Å²) in [6.07, 6.45) is 4.87. The van der Waals surface area contributed by atoms with E-state index < -0.39 is 0 Å². The van der Waals surface area contributed by atoms with Crippen LogP contribution in [0.4, 0.5) is 5.82 Å². The van der Waals surface area contributed by atoms with E-state index in [2.05, 4.69) is 30.5 Å². The van der Waals surface area contributed by atoms with Crippen LogP contribution in [0.15, 0.2) is 18.9 Å². The predicted molar refractivity (Wildman–Crippen MR) is 65.0 cm³/mol. The minimum atomic E-state index is 0.482. The molecule has 1 N–H and O–H groups in total. The van der Waals surface area contributed by atoms with E-state index in [-0.39, 0.29) is 0 Å². The standard InChI is InChI=1S/C10H12N8/c1-11-9-7-3-13-17(2)10(7)16-8(15-9)4-18-6-12-5-14-18/h3,5-6H,4H2,1-2H3,(H,11,15,16). The lowest BCUT2D eigenvalue weighted by Crippen LogP contribution is -2.08. The van der Waals surface area contributed by atoms with Crippen LogP contribution < -0.4 is 5.32 Å². The molecule has 3 rings (SSSR count). The molecule has 0 aliphatic rings. The summed E-state index contributed by atoms with van der Waals surface area (Å²) in [5.74, 6) is 1.43. The molecule has 8 nitrogen and oxygen atoms in total. The van der Waals surface area contributed by atoms with E-state index in [1.165, 1.54) is 6.33 Å². The van der Waals surface area contributed by atoms with E-state index in [1.54, 1.807) is 21.9 Å². The largest absolute Gasteiger partial charge is 0.372 e. The zero-order valence-electron chi connectivity index (χ0n) is 10.1.